The number of aromatic nitrogens is 3. The third-order valence-electron chi connectivity index (χ3n) is 3.89. The number of piperazine rings is 1. The van der Waals surface area contributed by atoms with Crippen LogP contribution in [0.25, 0.3) is 0 Å². The van der Waals surface area contributed by atoms with Crippen LogP contribution in [0.2, 0.25) is 5.02 Å². The molecule has 0 radical (unpaired) electrons. The highest BCUT2D eigenvalue weighted by Gasteiger charge is 2.22. The molecule has 0 bridgehead atoms. The first-order valence-corrected chi connectivity index (χ1v) is 7.85. The second kappa shape index (κ2) is 6.45. The maximum absolute atomic E-state index is 12.4. The minimum absolute atomic E-state index is 0.0310. The van der Waals surface area contributed by atoms with Crippen molar-refractivity contribution in [1.29, 1.82) is 0 Å². The molecule has 3 rings (SSSR count). The predicted octanol–water partition coefficient (Wildman–Crippen LogP) is 1.17. The van der Waals surface area contributed by atoms with E-state index in [1.54, 1.807) is 16.9 Å². The molecule has 1 fully saturated rings. The lowest BCUT2D eigenvalue weighted by molar-refractivity contribution is -0.132. The van der Waals surface area contributed by atoms with Gasteiger partial charge in [0.05, 0.1) is 10.7 Å². The number of carbonyl (C=O) groups excluding carboxylic acids is 1. The van der Waals surface area contributed by atoms with Gasteiger partial charge in [-0.25, -0.2) is 9.67 Å². The normalized spacial score (nSPS) is 15.0. The van der Waals surface area contributed by atoms with Gasteiger partial charge in [-0.05, 0) is 19.1 Å². The largest absolute Gasteiger partial charge is 0.384 e. The Morgan fingerprint density at radius 2 is 2.04 bits per heavy atom. The first-order chi connectivity index (χ1) is 11.0. The Labute approximate surface area is 139 Å². The van der Waals surface area contributed by atoms with E-state index in [9.17, 15) is 4.79 Å². The Balaban J connectivity index is 1.57. The topological polar surface area (TPSA) is 80.3 Å². The van der Waals surface area contributed by atoms with E-state index >= 15 is 0 Å². The fraction of sp³-hybridized carbons (Fsp3) is 0.400. The van der Waals surface area contributed by atoms with Crippen molar-refractivity contribution in [3.8, 4) is 0 Å². The molecule has 3 heterocycles. The van der Waals surface area contributed by atoms with Crippen LogP contribution < -0.4 is 10.6 Å². The van der Waals surface area contributed by atoms with Gasteiger partial charge in [0.15, 0.2) is 0 Å². The van der Waals surface area contributed by atoms with Gasteiger partial charge in [0.1, 0.15) is 18.2 Å². The zero-order valence-corrected chi connectivity index (χ0v) is 13.7. The Hall–Kier alpha value is -2.28. The molecule has 2 aromatic heterocycles. The number of nitrogens with zero attached hydrogens (tertiary/aromatic N) is 5. The van der Waals surface area contributed by atoms with E-state index < -0.39 is 0 Å². The van der Waals surface area contributed by atoms with Crippen LogP contribution in [0.15, 0.2) is 24.4 Å². The van der Waals surface area contributed by atoms with Crippen molar-refractivity contribution in [2.45, 2.75) is 13.5 Å². The molecular weight excluding hydrogens is 316 g/mol. The molecule has 0 saturated carbocycles. The van der Waals surface area contributed by atoms with Crippen LogP contribution in [0.3, 0.4) is 0 Å². The van der Waals surface area contributed by atoms with Crippen molar-refractivity contribution in [2.24, 2.45) is 0 Å². The van der Waals surface area contributed by atoms with E-state index in [1.165, 1.54) is 0 Å². The highest BCUT2D eigenvalue weighted by Crippen LogP contribution is 2.16. The maximum Gasteiger partial charge on any atom is 0.244 e. The Bertz CT molecular complexity index is 690. The number of anilines is 2. The van der Waals surface area contributed by atoms with E-state index in [-0.39, 0.29) is 12.5 Å². The molecule has 0 spiro atoms. The van der Waals surface area contributed by atoms with Gasteiger partial charge < -0.3 is 15.5 Å². The van der Waals surface area contributed by atoms with Gasteiger partial charge in [0, 0.05) is 38.4 Å². The third-order valence-corrected chi connectivity index (χ3v) is 4.11. The number of nitrogens with two attached hydrogens (primary N) is 1. The lowest BCUT2D eigenvalue weighted by Crippen LogP contribution is -2.50. The molecule has 1 saturated heterocycles. The molecule has 2 N–H and O–H groups in total. The summed E-state index contributed by atoms with van der Waals surface area (Å²) in [6, 6.07) is 5.48. The second-order valence-corrected chi connectivity index (χ2v) is 6.01. The number of hydrogen-bond donors (Lipinski definition) is 1. The van der Waals surface area contributed by atoms with Crippen molar-refractivity contribution in [3.63, 3.8) is 0 Å². The number of hydrogen-bond acceptors (Lipinski definition) is 5. The Morgan fingerprint density at radius 3 is 2.61 bits per heavy atom. The Morgan fingerprint density at radius 1 is 1.30 bits per heavy atom. The molecule has 0 aromatic carbocycles. The van der Waals surface area contributed by atoms with E-state index in [1.807, 2.05) is 24.0 Å². The molecule has 8 heteroatoms. The van der Waals surface area contributed by atoms with Crippen molar-refractivity contribution in [2.75, 3.05) is 36.8 Å². The summed E-state index contributed by atoms with van der Waals surface area (Å²) < 4.78 is 1.55. The average Bonchev–Trinajstić information content (AvgIpc) is 2.86. The van der Waals surface area contributed by atoms with Crippen LogP contribution >= 0.6 is 11.6 Å². The summed E-state index contributed by atoms with van der Waals surface area (Å²) in [7, 11) is 0. The molecule has 122 valence electrons. The van der Waals surface area contributed by atoms with Gasteiger partial charge in [-0.2, -0.15) is 5.10 Å². The van der Waals surface area contributed by atoms with Crippen molar-refractivity contribution >= 4 is 29.1 Å². The molecule has 0 atom stereocenters. The lowest BCUT2D eigenvalue weighted by atomic mass is 10.3. The lowest BCUT2D eigenvalue weighted by Gasteiger charge is -2.35. The van der Waals surface area contributed by atoms with Gasteiger partial charge >= 0.3 is 0 Å². The fourth-order valence-electron chi connectivity index (χ4n) is 2.66. The monoisotopic (exact) mass is 334 g/mol. The number of aryl methyl sites for hydroxylation is 1. The van der Waals surface area contributed by atoms with Crippen LogP contribution in [0.5, 0.6) is 0 Å². The summed E-state index contributed by atoms with van der Waals surface area (Å²) in [5.74, 6) is 1.43. The molecule has 0 aliphatic carbocycles. The Kier molecular flexibility index (Phi) is 4.38. The summed E-state index contributed by atoms with van der Waals surface area (Å²) >= 11 is 5.85. The zero-order chi connectivity index (χ0) is 16.4. The number of carbonyl (C=O) groups is 1. The minimum atomic E-state index is 0.0310. The van der Waals surface area contributed by atoms with Gasteiger partial charge in [-0.1, -0.05) is 11.6 Å². The van der Waals surface area contributed by atoms with Gasteiger partial charge in [-0.3, -0.25) is 4.79 Å². The molecule has 23 heavy (non-hydrogen) atoms. The number of rotatable bonds is 3. The van der Waals surface area contributed by atoms with Crippen LogP contribution in [-0.2, 0) is 11.3 Å². The predicted molar refractivity (Wildman–Crippen MR) is 89.4 cm³/mol. The first-order valence-electron chi connectivity index (χ1n) is 7.47. The number of halogens is 1. The highest BCUT2D eigenvalue weighted by atomic mass is 35.5. The number of amides is 1. The van der Waals surface area contributed by atoms with Crippen LogP contribution in [0.1, 0.15) is 5.69 Å². The van der Waals surface area contributed by atoms with Crippen LogP contribution in [0, 0.1) is 6.92 Å². The number of pyridine rings is 1. The summed E-state index contributed by atoms with van der Waals surface area (Å²) in [5, 5.41) is 4.85. The summed E-state index contributed by atoms with van der Waals surface area (Å²) in [6.45, 7) is 4.84. The van der Waals surface area contributed by atoms with Crippen LogP contribution in [0.4, 0.5) is 11.6 Å². The molecule has 2 aromatic rings. The molecular formula is C15H19ClN6O. The second-order valence-electron chi connectivity index (χ2n) is 5.57. The van der Waals surface area contributed by atoms with Gasteiger partial charge in [-0.15, -0.1) is 0 Å². The van der Waals surface area contributed by atoms with E-state index in [4.69, 9.17) is 17.3 Å². The van der Waals surface area contributed by atoms with Gasteiger partial charge in [0.25, 0.3) is 0 Å². The number of nitrogen functional groups attached to an aromatic ring is 1. The molecule has 1 amide bonds. The summed E-state index contributed by atoms with van der Waals surface area (Å²) in [6.07, 6.45) is 1.64. The van der Waals surface area contributed by atoms with E-state index in [0.717, 1.165) is 24.6 Å². The SMILES string of the molecule is Cc1cc(N)n(CC(=O)N2CCN(c3ccc(Cl)cn3)CC2)n1. The van der Waals surface area contributed by atoms with Crippen molar-refractivity contribution in [3.05, 3.63) is 35.1 Å². The molecule has 7 nitrogen and oxygen atoms in total. The maximum atomic E-state index is 12.4. The standard InChI is InChI=1S/C15H19ClN6O/c1-11-8-13(17)22(19-11)10-15(23)21-6-4-20(5-7-21)14-3-2-12(16)9-18-14/h2-3,8-9H,4-7,10,17H2,1H3. The molecule has 1 aliphatic heterocycles. The molecule has 0 unspecified atom stereocenters. The summed E-state index contributed by atoms with van der Waals surface area (Å²) in [4.78, 5) is 20.7. The smallest absolute Gasteiger partial charge is 0.244 e. The quantitative estimate of drug-likeness (QED) is 0.911. The van der Waals surface area contributed by atoms with Crippen molar-refractivity contribution in [1.82, 2.24) is 19.7 Å². The minimum Gasteiger partial charge on any atom is -0.384 e. The third kappa shape index (κ3) is 3.56. The first kappa shape index (κ1) is 15.6. The zero-order valence-electron chi connectivity index (χ0n) is 12.9. The van der Waals surface area contributed by atoms with E-state index in [2.05, 4.69) is 15.0 Å². The van der Waals surface area contributed by atoms with Crippen LogP contribution in [-0.4, -0.2) is 51.8 Å². The van der Waals surface area contributed by atoms with E-state index in [0.29, 0.717) is 23.9 Å². The fourth-order valence-corrected chi connectivity index (χ4v) is 2.77. The van der Waals surface area contributed by atoms with Crippen molar-refractivity contribution < 1.29 is 4.79 Å². The highest BCUT2D eigenvalue weighted by molar-refractivity contribution is 6.30. The van der Waals surface area contributed by atoms with Gasteiger partial charge in [0.2, 0.25) is 5.91 Å². The average molecular weight is 335 g/mol. The summed E-state index contributed by atoms with van der Waals surface area (Å²) in [5.41, 5.74) is 6.65. The molecule has 1 aliphatic rings.